The molecule has 0 bridgehead atoms. The Labute approximate surface area is 109 Å². The molecule has 1 fully saturated rings. The minimum Gasteiger partial charge on any atom is -0.324 e. The summed E-state index contributed by atoms with van der Waals surface area (Å²) in [7, 11) is 0. The number of hydrogen-bond acceptors (Lipinski definition) is 1. The Morgan fingerprint density at radius 2 is 2.05 bits per heavy atom. The van der Waals surface area contributed by atoms with E-state index in [0.717, 1.165) is 25.0 Å². The molecule has 2 rings (SSSR count). The zero-order valence-electron chi connectivity index (χ0n) is 10.5. The first-order valence-electron chi connectivity index (χ1n) is 6.18. The van der Waals surface area contributed by atoms with Crippen molar-refractivity contribution in [3.05, 3.63) is 29.6 Å². The van der Waals surface area contributed by atoms with Crippen molar-refractivity contribution < 1.29 is 18.0 Å². The number of halogens is 3. The van der Waals surface area contributed by atoms with E-state index in [1.807, 2.05) is 6.92 Å². The van der Waals surface area contributed by atoms with Crippen LogP contribution in [0.3, 0.4) is 0 Å². The van der Waals surface area contributed by atoms with Gasteiger partial charge in [0.25, 0.3) is 0 Å². The van der Waals surface area contributed by atoms with E-state index in [2.05, 4.69) is 5.32 Å². The lowest BCUT2D eigenvalue weighted by molar-refractivity contribution is 0.182. The Balaban J connectivity index is 2.08. The zero-order valence-corrected chi connectivity index (χ0v) is 10.5. The fourth-order valence-electron chi connectivity index (χ4n) is 2.19. The average Bonchev–Trinajstić information content (AvgIpc) is 2.39. The lowest BCUT2D eigenvalue weighted by atomic mass is 10.0. The number of piperidine rings is 1. The summed E-state index contributed by atoms with van der Waals surface area (Å²) >= 11 is 0. The minimum absolute atomic E-state index is 0.345. The number of carbonyl (C=O) groups is 1. The highest BCUT2D eigenvalue weighted by Crippen LogP contribution is 2.21. The van der Waals surface area contributed by atoms with Gasteiger partial charge in [-0.1, -0.05) is 6.92 Å². The number of nitrogens with one attached hydrogen (secondary N) is 1. The molecule has 1 aliphatic heterocycles. The van der Waals surface area contributed by atoms with Gasteiger partial charge in [-0.3, -0.25) is 0 Å². The molecule has 0 spiro atoms. The van der Waals surface area contributed by atoms with E-state index >= 15 is 0 Å². The number of hydrogen-bond donors (Lipinski definition) is 1. The third kappa shape index (κ3) is 3.00. The van der Waals surface area contributed by atoms with Crippen LogP contribution in [0.5, 0.6) is 0 Å². The monoisotopic (exact) mass is 272 g/mol. The summed E-state index contributed by atoms with van der Waals surface area (Å²) in [4.78, 5) is 13.4. The normalized spacial score (nSPS) is 19.4. The summed E-state index contributed by atoms with van der Waals surface area (Å²) < 4.78 is 39.2. The number of likely N-dealkylation sites (tertiary alicyclic amines) is 1. The lowest BCUT2D eigenvalue weighted by Gasteiger charge is -2.30. The van der Waals surface area contributed by atoms with Gasteiger partial charge >= 0.3 is 6.03 Å². The van der Waals surface area contributed by atoms with Crippen molar-refractivity contribution in [3.63, 3.8) is 0 Å². The Bertz CT molecular complexity index is 493. The summed E-state index contributed by atoms with van der Waals surface area (Å²) in [5.74, 6) is -3.85. The van der Waals surface area contributed by atoms with Crippen LogP contribution in [0.25, 0.3) is 0 Å². The highest BCUT2D eigenvalue weighted by molar-refractivity contribution is 5.89. The molecule has 0 radical (unpaired) electrons. The average molecular weight is 272 g/mol. The van der Waals surface area contributed by atoms with Crippen molar-refractivity contribution in [2.24, 2.45) is 5.92 Å². The van der Waals surface area contributed by atoms with Crippen LogP contribution < -0.4 is 5.32 Å². The molecule has 1 atom stereocenters. The van der Waals surface area contributed by atoms with E-state index in [0.29, 0.717) is 19.0 Å². The second-order valence-corrected chi connectivity index (χ2v) is 4.85. The molecular formula is C13H15F3N2O. The van der Waals surface area contributed by atoms with Gasteiger partial charge in [-0.2, -0.15) is 0 Å². The fraction of sp³-hybridized carbons (Fsp3) is 0.462. The van der Waals surface area contributed by atoms with Gasteiger partial charge in [0.1, 0.15) is 0 Å². The molecule has 1 aliphatic rings. The predicted molar refractivity (Wildman–Crippen MR) is 65.3 cm³/mol. The maximum absolute atomic E-state index is 13.4. The van der Waals surface area contributed by atoms with Gasteiger partial charge in [0.2, 0.25) is 0 Å². The van der Waals surface area contributed by atoms with Crippen molar-refractivity contribution in [2.75, 3.05) is 18.4 Å². The van der Waals surface area contributed by atoms with Gasteiger partial charge in [0, 0.05) is 13.1 Å². The standard InChI is InChI=1S/C13H15F3N2O/c1-8-3-2-6-18(7-8)13(19)17-10-5-4-9(14)11(15)12(10)16/h4-5,8H,2-3,6-7H2,1H3,(H,17,19). The molecular weight excluding hydrogens is 257 g/mol. The van der Waals surface area contributed by atoms with Crippen molar-refractivity contribution in [1.29, 1.82) is 0 Å². The largest absolute Gasteiger partial charge is 0.324 e. The van der Waals surface area contributed by atoms with Crippen LogP contribution in [0.1, 0.15) is 19.8 Å². The first-order valence-corrected chi connectivity index (χ1v) is 6.18. The Kier molecular flexibility index (Phi) is 3.97. The van der Waals surface area contributed by atoms with Gasteiger partial charge in [0.15, 0.2) is 17.5 Å². The van der Waals surface area contributed by atoms with Crippen molar-refractivity contribution in [2.45, 2.75) is 19.8 Å². The molecule has 1 N–H and O–H groups in total. The number of benzene rings is 1. The molecule has 1 aromatic carbocycles. The van der Waals surface area contributed by atoms with E-state index < -0.39 is 23.5 Å². The quantitative estimate of drug-likeness (QED) is 0.781. The van der Waals surface area contributed by atoms with Crippen LogP contribution in [0.2, 0.25) is 0 Å². The third-order valence-corrected chi connectivity index (χ3v) is 3.22. The van der Waals surface area contributed by atoms with Crippen LogP contribution in [0, 0.1) is 23.4 Å². The summed E-state index contributed by atoms with van der Waals surface area (Å²) in [5.41, 5.74) is -0.345. The zero-order chi connectivity index (χ0) is 14.0. The van der Waals surface area contributed by atoms with Crippen molar-refractivity contribution >= 4 is 11.7 Å². The van der Waals surface area contributed by atoms with E-state index in [-0.39, 0.29) is 5.69 Å². The van der Waals surface area contributed by atoms with Crippen molar-refractivity contribution in [3.8, 4) is 0 Å². The SMILES string of the molecule is CC1CCCN(C(=O)Nc2ccc(F)c(F)c2F)C1. The highest BCUT2D eigenvalue weighted by Gasteiger charge is 2.22. The van der Waals surface area contributed by atoms with Crippen LogP contribution in [-0.2, 0) is 0 Å². The Morgan fingerprint density at radius 1 is 1.32 bits per heavy atom. The maximum atomic E-state index is 13.4. The molecule has 0 aromatic heterocycles. The van der Waals surface area contributed by atoms with Crippen LogP contribution in [-0.4, -0.2) is 24.0 Å². The molecule has 104 valence electrons. The summed E-state index contributed by atoms with van der Waals surface area (Å²) in [6.07, 6.45) is 1.93. The number of nitrogens with zero attached hydrogens (tertiary/aromatic N) is 1. The first-order chi connectivity index (χ1) is 8.99. The number of amides is 2. The summed E-state index contributed by atoms with van der Waals surface area (Å²) in [6, 6.07) is 1.31. The summed E-state index contributed by atoms with van der Waals surface area (Å²) in [6.45, 7) is 3.19. The number of carbonyl (C=O) groups excluding carboxylic acids is 1. The third-order valence-electron chi connectivity index (χ3n) is 3.22. The second-order valence-electron chi connectivity index (χ2n) is 4.85. The molecule has 1 heterocycles. The van der Waals surface area contributed by atoms with Crippen LogP contribution in [0.4, 0.5) is 23.7 Å². The molecule has 0 aliphatic carbocycles. The topological polar surface area (TPSA) is 32.3 Å². The first kappa shape index (κ1) is 13.7. The van der Waals surface area contributed by atoms with E-state index in [9.17, 15) is 18.0 Å². The van der Waals surface area contributed by atoms with E-state index in [1.165, 1.54) is 0 Å². The van der Waals surface area contributed by atoms with E-state index in [4.69, 9.17) is 0 Å². The second kappa shape index (κ2) is 5.50. The smallest absolute Gasteiger partial charge is 0.321 e. The Hall–Kier alpha value is -1.72. The van der Waals surface area contributed by atoms with Crippen LogP contribution >= 0.6 is 0 Å². The number of rotatable bonds is 1. The minimum atomic E-state index is -1.58. The Morgan fingerprint density at radius 3 is 2.74 bits per heavy atom. The van der Waals surface area contributed by atoms with Gasteiger partial charge in [-0.25, -0.2) is 18.0 Å². The predicted octanol–water partition coefficient (Wildman–Crippen LogP) is 3.37. The van der Waals surface area contributed by atoms with Crippen molar-refractivity contribution in [1.82, 2.24) is 4.90 Å². The molecule has 6 heteroatoms. The molecule has 3 nitrogen and oxygen atoms in total. The van der Waals surface area contributed by atoms with Gasteiger partial charge in [-0.05, 0) is 30.9 Å². The van der Waals surface area contributed by atoms with Gasteiger partial charge < -0.3 is 10.2 Å². The number of urea groups is 1. The molecule has 1 saturated heterocycles. The molecule has 0 saturated carbocycles. The number of anilines is 1. The highest BCUT2D eigenvalue weighted by atomic mass is 19.2. The van der Waals surface area contributed by atoms with Crippen LogP contribution in [0.15, 0.2) is 12.1 Å². The van der Waals surface area contributed by atoms with Gasteiger partial charge in [-0.15, -0.1) is 0 Å². The van der Waals surface area contributed by atoms with Gasteiger partial charge in [0.05, 0.1) is 5.69 Å². The molecule has 1 aromatic rings. The maximum Gasteiger partial charge on any atom is 0.321 e. The molecule has 2 amide bonds. The van der Waals surface area contributed by atoms with E-state index in [1.54, 1.807) is 4.90 Å². The molecule has 19 heavy (non-hydrogen) atoms. The molecule has 1 unspecified atom stereocenters. The lowest BCUT2D eigenvalue weighted by Crippen LogP contribution is -2.41. The summed E-state index contributed by atoms with van der Waals surface area (Å²) in [5, 5.41) is 2.27. The fourth-order valence-corrected chi connectivity index (χ4v) is 2.19.